The zero-order chi connectivity index (χ0) is 17.5. The molecule has 132 valence electrons. The number of morpholine rings is 1. The van der Waals surface area contributed by atoms with Gasteiger partial charge >= 0.3 is 0 Å². The van der Waals surface area contributed by atoms with Crippen molar-refractivity contribution in [3.8, 4) is 0 Å². The largest absolute Gasteiger partial charge is 0.379 e. The molecule has 1 saturated heterocycles. The number of benzene rings is 2. The molecule has 1 aliphatic rings. The van der Waals surface area contributed by atoms with E-state index in [-0.39, 0.29) is 6.04 Å². The minimum absolute atomic E-state index is 0.143. The van der Waals surface area contributed by atoms with E-state index in [0.717, 1.165) is 38.5 Å². The second kappa shape index (κ2) is 8.94. The summed E-state index contributed by atoms with van der Waals surface area (Å²) in [6.07, 6.45) is 0. The fraction of sp³-hybridized carbons (Fsp3) is 0.350. The zero-order valence-corrected chi connectivity index (χ0v) is 15.4. The van der Waals surface area contributed by atoms with Gasteiger partial charge in [0.1, 0.15) is 0 Å². The lowest BCUT2D eigenvalue weighted by Crippen LogP contribution is -2.44. The van der Waals surface area contributed by atoms with Gasteiger partial charge in [0, 0.05) is 25.3 Å². The zero-order valence-electron chi connectivity index (χ0n) is 14.6. The summed E-state index contributed by atoms with van der Waals surface area (Å²) in [5, 5.41) is 7.41. The maximum Gasteiger partial charge on any atom is 0.171 e. The van der Waals surface area contributed by atoms with Crippen molar-refractivity contribution in [2.24, 2.45) is 0 Å². The minimum atomic E-state index is 0.143. The summed E-state index contributed by atoms with van der Waals surface area (Å²) in [4.78, 5) is 2.42. The van der Waals surface area contributed by atoms with Crippen LogP contribution in [-0.4, -0.2) is 42.9 Å². The number of hydrogen-bond donors (Lipinski definition) is 2. The van der Waals surface area contributed by atoms with E-state index in [9.17, 15) is 0 Å². The van der Waals surface area contributed by atoms with Crippen LogP contribution in [0, 0.1) is 6.92 Å². The van der Waals surface area contributed by atoms with Gasteiger partial charge in [-0.05, 0) is 36.8 Å². The molecule has 2 aromatic rings. The molecule has 1 heterocycles. The monoisotopic (exact) mass is 355 g/mol. The third-order valence-electron chi connectivity index (χ3n) is 4.36. The van der Waals surface area contributed by atoms with Crippen LogP contribution in [0.15, 0.2) is 54.6 Å². The van der Waals surface area contributed by atoms with Crippen molar-refractivity contribution in [1.29, 1.82) is 0 Å². The van der Waals surface area contributed by atoms with Gasteiger partial charge in [-0.25, -0.2) is 0 Å². The Morgan fingerprint density at radius 1 is 1.08 bits per heavy atom. The van der Waals surface area contributed by atoms with Crippen molar-refractivity contribution < 1.29 is 4.74 Å². The van der Waals surface area contributed by atoms with E-state index in [4.69, 9.17) is 17.0 Å². The van der Waals surface area contributed by atoms with Gasteiger partial charge in [0.25, 0.3) is 0 Å². The average molecular weight is 356 g/mol. The van der Waals surface area contributed by atoms with Gasteiger partial charge in [0.2, 0.25) is 0 Å². The summed E-state index contributed by atoms with van der Waals surface area (Å²) in [5.74, 6) is 0. The van der Waals surface area contributed by atoms with Crippen molar-refractivity contribution in [3.63, 3.8) is 0 Å². The molecule has 0 amide bonds. The van der Waals surface area contributed by atoms with Gasteiger partial charge in [0.15, 0.2) is 5.11 Å². The summed E-state index contributed by atoms with van der Waals surface area (Å²) in [6.45, 7) is 6.50. The van der Waals surface area contributed by atoms with Gasteiger partial charge in [-0.15, -0.1) is 0 Å². The minimum Gasteiger partial charge on any atom is -0.379 e. The quantitative estimate of drug-likeness (QED) is 0.805. The lowest BCUT2D eigenvalue weighted by Gasteiger charge is -2.31. The molecule has 3 rings (SSSR count). The van der Waals surface area contributed by atoms with E-state index in [1.54, 1.807) is 0 Å². The summed E-state index contributed by atoms with van der Waals surface area (Å²) >= 11 is 5.55. The molecule has 2 aromatic carbocycles. The number of anilines is 1. The molecule has 5 heteroatoms. The summed E-state index contributed by atoms with van der Waals surface area (Å²) in [5.41, 5.74) is 3.47. The van der Waals surface area contributed by atoms with Crippen LogP contribution in [0.1, 0.15) is 17.2 Å². The first-order valence-electron chi connectivity index (χ1n) is 8.70. The molecule has 1 fully saturated rings. The van der Waals surface area contributed by atoms with E-state index in [1.807, 2.05) is 18.2 Å². The lowest BCUT2D eigenvalue weighted by atomic mass is 10.1. The van der Waals surface area contributed by atoms with Gasteiger partial charge in [-0.3, -0.25) is 4.90 Å². The first kappa shape index (κ1) is 17.9. The molecular weight excluding hydrogens is 330 g/mol. The number of thiocarbonyl (C=S) groups is 1. The number of hydrogen-bond acceptors (Lipinski definition) is 3. The van der Waals surface area contributed by atoms with Crippen LogP contribution in [0.3, 0.4) is 0 Å². The Morgan fingerprint density at radius 3 is 2.44 bits per heavy atom. The van der Waals surface area contributed by atoms with Gasteiger partial charge in [-0.1, -0.05) is 48.0 Å². The first-order chi connectivity index (χ1) is 12.2. The molecule has 25 heavy (non-hydrogen) atoms. The van der Waals surface area contributed by atoms with E-state index < -0.39 is 0 Å². The van der Waals surface area contributed by atoms with Crippen LogP contribution in [0.4, 0.5) is 5.69 Å². The Balaban J connectivity index is 1.65. The molecule has 0 aromatic heterocycles. The summed E-state index contributed by atoms with van der Waals surface area (Å²) < 4.78 is 5.46. The molecule has 0 saturated carbocycles. The smallest absolute Gasteiger partial charge is 0.171 e. The van der Waals surface area contributed by atoms with Crippen LogP contribution in [0.2, 0.25) is 0 Å². The first-order valence-corrected chi connectivity index (χ1v) is 9.11. The molecule has 0 unspecified atom stereocenters. The molecule has 1 atom stereocenters. The highest BCUT2D eigenvalue weighted by atomic mass is 32.1. The highest BCUT2D eigenvalue weighted by Crippen LogP contribution is 2.16. The highest BCUT2D eigenvalue weighted by molar-refractivity contribution is 7.80. The second-order valence-corrected chi connectivity index (χ2v) is 6.75. The second-order valence-electron chi connectivity index (χ2n) is 6.34. The molecule has 0 aliphatic carbocycles. The van der Waals surface area contributed by atoms with E-state index in [2.05, 4.69) is 58.9 Å². The fourth-order valence-corrected chi connectivity index (χ4v) is 3.18. The molecule has 1 aliphatic heterocycles. The Labute approximate surface area is 155 Å². The summed E-state index contributed by atoms with van der Waals surface area (Å²) in [7, 11) is 0. The van der Waals surface area contributed by atoms with Crippen molar-refractivity contribution in [1.82, 2.24) is 10.2 Å². The predicted molar refractivity (Wildman–Crippen MR) is 107 cm³/mol. The fourth-order valence-electron chi connectivity index (χ4n) is 2.92. The predicted octanol–water partition coefficient (Wildman–Crippen LogP) is 3.35. The van der Waals surface area contributed by atoms with Crippen LogP contribution in [0.5, 0.6) is 0 Å². The highest BCUT2D eigenvalue weighted by Gasteiger charge is 2.19. The SMILES string of the molecule is Cc1ccc(NC(=S)N[C@@H](CN2CCOCC2)c2ccccc2)cc1. The number of ether oxygens (including phenoxy) is 1. The number of nitrogens with one attached hydrogen (secondary N) is 2. The molecule has 0 spiro atoms. The van der Waals surface area contributed by atoms with Gasteiger partial charge in [0.05, 0.1) is 19.3 Å². The molecule has 4 nitrogen and oxygen atoms in total. The Hall–Kier alpha value is -1.95. The Kier molecular flexibility index (Phi) is 6.39. The van der Waals surface area contributed by atoms with Crippen molar-refractivity contribution in [3.05, 3.63) is 65.7 Å². The third kappa shape index (κ3) is 5.53. The van der Waals surface area contributed by atoms with Crippen LogP contribution >= 0.6 is 12.2 Å². The van der Waals surface area contributed by atoms with E-state index in [1.165, 1.54) is 11.1 Å². The molecule has 0 bridgehead atoms. The van der Waals surface area contributed by atoms with Crippen LogP contribution in [-0.2, 0) is 4.74 Å². The van der Waals surface area contributed by atoms with E-state index in [0.29, 0.717) is 5.11 Å². The van der Waals surface area contributed by atoms with Crippen molar-refractivity contribution in [2.45, 2.75) is 13.0 Å². The van der Waals surface area contributed by atoms with Gasteiger partial charge in [-0.2, -0.15) is 0 Å². The Morgan fingerprint density at radius 2 is 1.76 bits per heavy atom. The maximum absolute atomic E-state index is 5.55. The molecule has 2 N–H and O–H groups in total. The van der Waals surface area contributed by atoms with Crippen molar-refractivity contribution >= 4 is 23.0 Å². The Bertz CT molecular complexity index is 669. The molecular formula is C20H25N3OS. The third-order valence-corrected chi connectivity index (χ3v) is 4.58. The van der Waals surface area contributed by atoms with E-state index >= 15 is 0 Å². The lowest BCUT2D eigenvalue weighted by molar-refractivity contribution is 0.0344. The average Bonchev–Trinajstić information content (AvgIpc) is 2.65. The topological polar surface area (TPSA) is 36.5 Å². The summed E-state index contributed by atoms with van der Waals surface area (Å²) in [6, 6.07) is 18.9. The number of aryl methyl sites for hydroxylation is 1. The van der Waals surface area contributed by atoms with Crippen LogP contribution in [0.25, 0.3) is 0 Å². The van der Waals surface area contributed by atoms with Crippen molar-refractivity contribution in [2.75, 3.05) is 38.2 Å². The standard InChI is InChI=1S/C20H25N3OS/c1-16-7-9-18(10-8-16)21-20(25)22-19(17-5-3-2-4-6-17)15-23-11-13-24-14-12-23/h2-10,19H,11-15H2,1H3,(H2,21,22,25)/t19-/m0/s1. The maximum atomic E-state index is 5.55. The van der Waals surface area contributed by atoms with Crippen LogP contribution < -0.4 is 10.6 Å². The number of rotatable bonds is 5. The number of nitrogens with zero attached hydrogens (tertiary/aromatic N) is 1. The molecule has 0 radical (unpaired) electrons. The van der Waals surface area contributed by atoms with Gasteiger partial charge < -0.3 is 15.4 Å². The normalized spacial score (nSPS) is 16.2.